The highest BCUT2D eigenvalue weighted by molar-refractivity contribution is 6.38. The minimum Gasteiger partial charge on any atom is -0.444 e. The molecular formula is C48H67N7O9. The van der Waals surface area contributed by atoms with Crippen LogP contribution in [0.3, 0.4) is 0 Å². The fraction of sp³-hybridized carbons (Fsp3) is 0.625. The first-order valence-corrected chi connectivity index (χ1v) is 22.6. The first-order chi connectivity index (χ1) is 30.2. The number of likely N-dealkylation sites (tertiary alicyclic amines) is 2. The summed E-state index contributed by atoms with van der Waals surface area (Å²) in [6.07, 6.45) is 9.95. The van der Waals surface area contributed by atoms with Crippen LogP contribution in [0.2, 0.25) is 0 Å². The molecule has 0 radical (unpaired) electrons. The number of terminal acetylenes is 1. The Morgan fingerprint density at radius 1 is 0.969 bits per heavy atom. The summed E-state index contributed by atoms with van der Waals surface area (Å²) in [7, 11) is 0. The predicted molar refractivity (Wildman–Crippen MR) is 239 cm³/mol. The lowest BCUT2D eigenvalue weighted by Crippen LogP contribution is -2.63. The van der Waals surface area contributed by atoms with Crippen molar-refractivity contribution in [1.82, 2.24) is 36.0 Å². The number of Topliss-reactive ketones (excluding diaryl/α,β-unsaturated/α-hetero) is 1. The molecule has 64 heavy (non-hydrogen) atoms. The molecule has 1 unspecified atom stereocenters. The van der Waals surface area contributed by atoms with E-state index in [0.29, 0.717) is 32.4 Å². The summed E-state index contributed by atoms with van der Waals surface area (Å²) in [5.74, 6) is -1.41. The molecule has 1 aromatic rings. The van der Waals surface area contributed by atoms with Crippen molar-refractivity contribution in [3.8, 4) is 12.3 Å². The van der Waals surface area contributed by atoms with Crippen molar-refractivity contribution in [2.24, 2.45) is 16.2 Å². The van der Waals surface area contributed by atoms with Crippen LogP contribution in [0.1, 0.15) is 117 Å². The number of ketones is 1. The van der Waals surface area contributed by atoms with Gasteiger partial charge in [-0.2, -0.15) is 0 Å². The Labute approximate surface area is 377 Å². The Bertz CT molecular complexity index is 1990. The largest absolute Gasteiger partial charge is 0.444 e. The number of fused-ring (bicyclic) bond motifs is 1. The molecule has 16 heteroatoms. The summed E-state index contributed by atoms with van der Waals surface area (Å²) in [5, 5.41) is 11.0. The number of carbonyl (C=O) groups excluding carboxylic acids is 8. The summed E-state index contributed by atoms with van der Waals surface area (Å²) < 4.78 is 6.04. The van der Waals surface area contributed by atoms with E-state index in [0.717, 1.165) is 30.4 Å². The highest BCUT2D eigenvalue weighted by Gasteiger charge is 2.50. The topological polar surface area (TPSA) is 204 Å². The van der Waals surface area contributed by atoms with E-state index in [9.17, 15) is 33.6 Å². The van der Waals surface area contributed by atoms with Crippen LogP contribution in [0.25, 0.3) is 0 Å². The highest BCUT2D eigenvalue weighted by atomic mass is 16.6. The molecule has 1 aromatic carbocycles. The maximum absolute atomic E-state index is 15.2. The Balaban J connectivity index is 1.43. The molecule has 8 amide bonds. The monoisotopic (exact) mass is 886 g/mol. The number of amides is 8. The van der Waals surface area contributed by atoms with Crippen molar-refractivity contribution in [1.29, 1.82) is 0 Å². The number of nitrogens with zero attached hydrogens (tertiary/aromatic N) is 3. The SMILES string of the molecule is C#CCCC(NC(=O)[C@@H]1C[C@@H](OC(=O)N2CCc3ccccc3C2)CN1C(=O)[C@@H](NC(=O)N[C@H](CN1C(=O)CC(C)(C)CC1=O)C(C)(C)C)C1(C)CCCCC1)C(=O)C(=O)NCC=C. The van der Waals surface area contributed by atoms with Gasteiger partial charge in [-0.1, -0.05) is 91.1 Å². The molecule has 5 atom stereocenters. The number of imide groups is 1. The van der Waals surface area contributed by atoms with E-state index in [2.05, 4.69) is 33.8 Å². The standard InChI is InChI=1S/C48H67N7O9/c1-9-11-19-34(39(58)42(60)49-23-10-2)50-41(59)35-25-33(64-45(63)53-24-20-31-17-13-14-18-32(31)28-53)29-54(35)43(61)40(48(8)21-15-12-16-22-48)52-44(62)51-36(46(3,4)5)30-55-37(56)26-47(6,7)27-38(55)57/h1,10,13-14,17-18,33-36,40H,2,11-12,15-16,19-30H2,3-8H3,(H,49,60)(H,50,59)(H2,51,52,62)/t33-,34?,35+,36-,40-/m1/s1. The van der Waals surface area contributed by atoms with Gasteiger partial charge in [-0.05, 0) is 53.1 Å². The van der Waals surface area contributed by atoms with Crippen LogP contribution in [0.4, 0.5) is 9.59 Å². The molecule has 348 valence electrons. The second-order valence-corrected chi connectivity index (χ2v) is 20.0. The number of carbonyl (C=O) groups is 8. The third-order valence-corrected chi connectivity index (χ3v) is 13.1. The van der Waals surface area contributed by atoms with Crippen molar-refractivity contribution < 1.29 is 43.1 Å². The number of hydrogen-bond donors (Lipinski definition) is 4. The van der Waals surface area contributed by atoms with Gasteiger partial charge in [-0.15, -0.1) is 18.9 Å². The number of piperidine rings is 1. The third-order valence-electron chi connectivity index (χ3n) is 13.1. The van der Waals surface area contributed by atoms with Crippen LogP contribution >= 0.6 is 0 Å². The zero-order valence-corrected chi connectivity index (χ0v) is 38.4. The third kappa shape index (κ3) is 12.3. The summed E-state index contributed by atoms with van der Waals surface area (Å²) >= 11 is 0. The fourth-order valence-corrected chi connectivity index (χ4v) is 9.23. The van der Waals surface area contributed by atoms with Gasteiger partial charge < -0.3 is 35.8 Å². The fourth-order valence-electron chi connectivity index (χ4n) is 9.23. The van der Waals surface area contributed by atoms with Gasteiger partial charge >= 0.3 is 12.1 Å². The van der Waals surface area contributed by atoms with E-state index >= 15 is 4.79 Å². The van der Waals surface area contributed by atoms with Gasteiger partial charge in [0.2, 0.25) is 29.4 Å². The molecule has 4 N–H and O–H groups in total. The van der Waals surface area contributed by atoms with Crippen LogP contribution < -0.4 is 21.3 Å². The van der Waals surface area contributed by atoms with Gasteiger partial charge in [0, 0.05) is 51.9 Å². The molecule has 0 bridgehead atoms. The molecule has 1 aliphatic carbocycles. The molecule has 4 aliphatic rings. The van der Waals surface area contributed by atoms with Crippen LogP contribution in [0.5, 0.6) is 0 Å². The number of hydrogen-bond acceptors (Lipinski definition) is 9. The summed E-state index contributed by atoms with van der Waals surface area (Å²) in [4.78, 5) is 114. The van der Waals surface area contributed by atoms with E-state index in [1.807, 2.05) is 65.8 Å². The zero-order valence-electron chi connectivity index (χ0n) is 38.4. The summed E-state index contributed by atoms with van der Waals surface area (Å²) in [5.41, 5.74) is 0.263. The van der Waals surface area contributed by atoms with Crippen molar-refractivity contribution >= 4 is 47.4 Å². The molecule has 2 saturated heterocycles. The Kier molecular flexibility index (Phi) is 16.1. The lowest BCUT2D eigenvalue weighted by molar-refractivity contribution is -0.153. The Hall–Kier alpha value is -5.72. The van der Waals surface area contributed by atoms with Crippen LogP contribution in [0, 0.1) is 28.6 Å². The molecular weight excluding hydrogens is 819 g/mol. The maximum atomic E-state index is 15.2. The summed E-state index contributed by atoms with van der Waals surface area (Å²) in [6, 6.07) is 2.66. The van der Waals surface area contributed by atoms with Crippen molar-refractivity contribution in [2.75, 3.05) is 26.2 Å². The van der Waals surface area contributed by atoms with Crippen molar-refractivity contribution in [2.45, 2.75) is 149 Å². The van der Waals surface area contributed by atoms with Gasteiger partial charge in [0.15, 0.2) is 0 Å². The van der Waals surface area contributed by atoms with Crippen molar-refractivity contribution in [3.63, 3.8) is 0 Å². The minimum absolute atomic E-state index is 0.0189. The van der Waals surface area contributed by atoms with Gasteiger partial charge in [0.25, 0.3) is 5.91 Å². The second-order valence-electron chi connectivity index (χ2n) is 20.0. The lowest BCUT2D eigenvalue weighted by atomic mass is 9.70. The zero-order chi connectivity index (χ0) is 47.0. The number of ether oxygens (including phenoxy) is 1. The molecule has 3 fully saturated rings. The van der Waals surface area contributed by atoms with Crippen LogP contribution in [0.15, 0.2) is 36.9 Å². The normalized spacial score (nSPS) is 21.9. The second kappa shape index (κ2) is 20.9. The molecule has 3 heterocycles. The Morgan fingerprint density at radius 2 is 1.62 bits per heavy atom. The summed E-state index contributed by atoms with van der Waals surface area (Å²) in [6.45, 7) is 15.4. The lowest BCUT2D eigenvalue weighted by Gasteiger charge is -2.43. The number of rotatable bonds is 15. The molecule has 0 spiro atoms. The van der Waals surface area contributed by atoms with Gasteiger partial charge in [0.1, 0.15) is 18.2 Å². The van der Waals surface area contributed by atoms with Crippen LogP contribution in [-0.2, 0) is 46.5 Å². The quantitative estimate of drug-likeness (QED) is 0.0864. The molecule has 0 aromatic heterocycles. The molecule has 5 rings (SSSR count). The van der Waals surface area contributed by atoms with E-state index in [1.54, 1.807) is 4.90 Å². The smallest absolute Gasteiger partial charge is 0.410 e. The number of benzene rings is 1. The van der Waals surface area contributed by atoms with Gasteiger partial charge in [0.05, 0.1) is 18.6 Å². The first kappa shape index (κ1) is 49.3. The van der Waals surface area contributed by atoms with E-state index in [4.69, 9.17) is 11.2 Å². The van der Waals surface area contributed by atoms with Crippen molar-refractivity contribution in [3.05, 3.63) is 48.0 Å². The molecule has 16 nitrogen and oxygen atoms in total. The van der Waals surface area contributed by atoms with E-state index in [-0.39, 0.29) is 63.6 Å². The van der Waals surface area contributed by atoms with Gasteiger partial charge in [-0.25, -0.2) is 9.59 Å². The number of nitrogens with one attached hydrogen (secondary N) is 4. The minimum atomic E-state index is -1.32. The predicted octanol–water partition coefficient (Wildman–Crippen LogP) is 4.15. The average Bonchev–Trinajstić information content (AvgIpc) is 3.66. The van der Waals surface area contributed by atoms with E-state index < -0.39 is 82.1 Å². The highest BCUT2D eigenvalue weighted by Crippen LogP contribution is 2.41. The maximum Gasteiger partial charge on any atom is 0.410 e. The number of urea groups is 1. The van der Waals surface area contributed by atoms with E-state index in [1.165, 1.54) is 15.9 Å². The first-order valence-electron chi connectivity index (χ1n) is 22.6. The molecule has 1 saturated carbocycles. The van der Waals surface area contributed by atoms with Crippen LogP contribution in [-0.4, -0.2) is 119 Å². The average molecular weight is 886 g/mol. The molecule has 3 aliphatic heterocycles. The van der Waals surface area contributed by atoms with Gasteiger partial charge in [-0.3, -0.25) is 33.7 Å². The Morgan fingerprint density at radius 3 is 2.25 bits per heavy atom.